The zero-order valence-electron chi connectivity index (χ0n) is 9.32. The Morgan fingerprint density at radius 1 is 1.73 bits per heavy atom. The van der Waals surface area contributed by atoms with Crippen molar-refractivity contribution in [2.24, 2.45) is 5.73 Å². The van der Waals surface area contributed by atoms with Gasteiger partial charge in [0.2, 0.25) is 0 Å². The van der Waals surface area contributed by atoms with E-state index >= 15 is 0 Å². The molecule has 1 fully saturated rings. The summed E-state index contributed by atoms with van der Waals surface area (Å²) in [5, 5.41) is 0. The summed E-state index contributed by atoms with van der Waals surface area (Å²) in [4.78, 5) is 5.61. The number of aryl methyl sites for hydroxylation is 2. The number of hydrogen-bond acceptors (Lipinski definition) is 4. The van der Waals surface area contributed by atoms with Crippen LogP contribution in [0.5, 0.6) is 0 Å². The van der Waals surface area contributed by atoms with E-state index in [1.807, 2.05) is 5.51 Å². The molecule has 0 saturated carbocycles. The van der Waals surface area contributed by atoms with Gasteiger partial charge in [0.1, 0.15) is 0 Å². The summed E-state index contributed by atoms with van der Waals surface area (Å²) in [5.74, 6) is 0. The molecular weight excluding hydrogens is 208 g/mol. The third-order valence-electron chi connectivity index (χ3n) is 3.41. The Balaban J connectivity index is 1.96. The molecule has 0 bridgehead atoms. The molecule has 2 unspecified atom stereocenters. The van der Waals surface area contributed by atoms with Gasteiger partial charge in [-0.3, -0.25) is 0 Å². The van der Waals surface area contributed by atoms with E-state index in [1.165, 1.54) is 4.88 Å². The van der Waals surface area contributed by atoms with E-state index in [0.29, 0.717) is 0 Å². The van der Waals surface area contributed by atoms with Crippen LogP contribution in [0.15, 0.2) is 5.51 Å². The van der Waals surface area contributed by atoms with Gasteiger partial charge in [-0.2, -0.15) is 0 Å². The monoisotopic (exact) mass is 226 g/mol. The molecule has 0 radical (unpaired) electrons. The quantitative estimate of drug-likeness (QED) is 0.856. The first-order chi connectivity index (χ1) is 7.12. The number of nitrogens with two attached hydrogens (primary N) is 1. The standard InChI is InChI=1S/C11H18N2OS/c1-8-10(15-7-13-8)3-4-11(12)5-6-14-9(11)2/h7,9H,3-6,12H2,1-2H3. The summed E-state index contributed by atoms with van der Waals surface area (Å²) in [6, 6.07) is 0. The van der Waals surface area contributed by atoms with Gasteiger partial charge in [0, 0.05) is 17.0 Å². The highest BCUT2D eigenvalue weighted by Crippen LogP contribution is 2.29. The fourth-order valence-corrected chi connectivity index (χ4v) is 2.82. The maximum atomic E-state index is 6.33. The van der Waals surface area contributed by atoms with Crippen LogP contribution in [0.1, 0.15) is 30.3 Å². The highest BCUT2D eigenvalue weighted by molar-refractivity contribution is 7.09. The van der Waals surface area contributed by atoms with E-state index in [2.05, 4.69) is 18.8 Å². The van der Waals surface area contributed by atoms with Gasteiger partial charge in [0.15, 0.2) is 0 Å². The molecule has 0 amide bonds. The average molecular weight is 226 g/mol. The van der Waals surface area contributed by atoms with Crippen LogP contribution in [0.2, 0.25) is 0 Å². The lowest BCUT2D eigenvalue weighted by Gasteiger charge is -2.27. The van der Waals surface area contributed by atoms with E-state index in [9.17, 15) is 0 Å². The second-order valence-corrected chi connectivity index (χ2v) is 5.30. The van der Waals surface area contributed by atoms with Crippen molar-refractivity contribution in [3.05, 3.63) is 16.1 Å². The molecule has 1 aliphatic rings. The Bertz CT molecular complexity index is 339. The fraction of sp³-hybridized carbons (Fsp3) is 0.727. The van der Waals surface area contributed by atoms with Gasteiger partial charge in [0.05, 0.1) is 17.3 Å². The summed E-state index contributed by atoms with van der Waals surface area (Å²) >= 11 is 1.73. The largest absolute Gasteiger partial charge is 0.377 e. The van der Waals surface area contributed by atoms with Crippen LogP contribution < -0.4 is 5.73 Å². The maximum Gasteiger partial charge on any atom is 0.0797 e. The van der Waals surface area contributed by atoms with Gasteiger partial charge in [0.25, 0.3) is 0 Å². The summed E-state index contributed by atoms with van der Waals surface area (Å²) in [5.41, 5.74) is 9.25. The highest BCUT2D eigenvalue weighted by Gasteiger charge is 2.37. The molecule has 2 rings (SSSR count). The molecule has 4 heteroatoms. The van der Waals surface area contributed by atoms with E-state index < -0.39 is 0 Å². The van der Waals surface area contributed by atoms with Gasteiger partial charge in [-0.25, -0.2) is 4.98 Å². The molecule has 1 aliphatic heterocycles. The molecule has 1 saturated heterocycles. The van der Waals surface area contributed by atoms with Crippen molar-refractivity contribution in [1.29, 1.82) is 0 Å². The van der Waals surface area contributed by atoms with Gasteiger partial charge < -0.3 is 10.5 Å². The van der Waals surface area contributed by atoms with Gasteiger partial charge in [-0.1, -0.05) is 0 Å². The number of thiazole rings is 1. The molecule has 15 heavy (non-hydrogen) atoms. The van der Waals surface area contributed by atoms with E-state index in [4.69, 9.17) is 10.5 Å². The summed E-state index contributed by atoms with van der Waals surface area (Å²) in [6.45, 7) is 4.94. The van der Waals surface area contributed by atoms with Crippen LogP contribution in [-0.2, 0) is 11.2 Å². The summed E-state index contributed by atoms with van der Waals surface area (Å²) < 4.78 is 5.53. The molecule has 2 heterocycles. The van der Waals surface area contributed by atoms with Crippen molar-refractivity contribution in [3.63, 3.8) is 0 Å². The first-order valence-electron chi connectivity index (χ1n) is 5.41. The normalized spacial score (nSPS) is 31.0. The number of rotatable bonds is 3. The van der Waals surface area contributed by atoms with Gasteiger partial charge in [-0.05, 0) is 33.1 Å². The van der Waals surface area contributed by atoms with Crippen molar-refractivity contribution in [3.8, 4) is 0 Å². The predicted octanol–water partition coefficient (Wildman–Crippen LogP) is 1.89. The number of hydrogen-bond donors (Lipinski definition) is 1. The zero-order valence-corrected chi connectivity index (χ0v) is 10.1. The van der Waals surface area contributed by atoms with Crippen LogP contribution in [0, 0.1) is 6.92 Å². The zero-order chi connectivity index (χ0) is 10.9. The first kappa shape index (κ1) is 11.0. The first-order valence-corrected chi connectivity index (χ1v) is 6.29. The van der Waals surface area contributed by atoms with Crippen molar-refractivity contribution in [2.45, 2.75) is 44.8 Å². The number of nitrogens with zero attached hydrogens (tertiary/aromatic N) is 1. The van der Waals surface area contributed by atoms with Gasteiger partial charge in [-0.15, -0.1) is 11.3 Å². The second-order valence-electron chi connectivity index (χ2n) is 4.36. The van der Waals surface area contributed by atoms with Crippen LogP contribution in [0.25, 0.3) is 0 Å². The third kappa shape index (κ3) is 2.22. The Labute approximate surface area is 94.7 Å². The van der Waals surface area contributed by atoms with E-state index in [0.717, 1.165) is 31.6 Å². The molecule has 84 valence electrons. The molecular formula is C11H18N2OS. The molecule has 0 aliphatic carbocycles. The lowest BCUT2D eigenvalue weighted by molar-refractivity contribution is 0.0931. The Kier molecular flexibility index (Phi) is 3.09. The molecule has 1 aromatic heterocycles. The summed E-state index contributed by atoms with van der Waals surface area (Å²) in [7, 11) is 0. The summed E-state index contributed by atoms with van der Waals surface area (Å²) in [6.07, 6.45) is 3.19. The van der Waals surface area contributed by atoms with Crippen LogP contribution in [0.4, 0.5) is 0 Å². The minimum Gasteiger partial charge on any atom is -0.377 e. The van der Waals surface area contributed by atoms with E-state index in [1.54, 1.807) is 11.3 Å². The van der Waals surface area contributed by atoms with Crippen LogP contribution in [-0.4, -0.2) is 23.2 Å². The van der Waals surface area contributed by atoms with Crippen molar-refractivity contribution in [2.75, 3.05) is 6.61 Å². The predicted molar refractivity (Wildman–Crippen MR) is 62.1 cm³/mol. The van der Waals surface area contributed by atoms with Crippen LogP contribution >= 0.6 is 11.3 Å². The van der Waals surface area contributed by atoms with Crippen molar-refractivity contribution in [1.82, 2.24) is 4.98 Å². The number of ether oxygens (including phenoxy) is 1. The molecule has 0 aromatic carbocycles. The van der Waals surface area contributed by atoms with Crippen LogP contribution in [0.3, 0.4) is 0 Å². The minimum atomic E-state index is -0.129. The molecule has 3 nitrogen and oxygen atoms in total. The second kappa shape index (κ2) is 4.20. The smallest absolute Gasteiger partial charge is 0.0797 e. The minimum absolute atomic E-state index is 0.129. The Morgan fingerprint density at radius 3 is 3.07 bits per heavy atom. The highest BCUT2D eigenvalue weighted by atomic mass is 32.1. The average Bonchev–Trinajstić information content (AvgIpc) is 2.73. The SMILES string of the molecule is Cc1ncsc1CCC1(N)CCOC1C. The lowest BCUT2D eigenvalue weighted by atomic mass is 9.88. The van der Waals surface area contributed by atoms with E-state index in [-0.39, 0.29) is 11.6 Å². The third-order valence-corrected chi connectivity index (χ3v) is 4.40. The fourth-order valence-electron chi connectivity index (χ4n) is 2.04. The van der Waals surface area contributed by atoms with Crippen molar-refractivity contribution < 1.29 is 4.74 Å². The number of aromatic nitrogens is 1. The molecule has 2 N–H and O–H groups in total. The lowest BCUT2D eigenvalue weighted by Crippen LogP contribution is -2.46. The molecule has 1 aromatic rings. The van der Waals surface area contributed by atoms with Crippen molar-refractivity contribution >= 4 is 11.3 Å². The molecule has 0 spiro atoms. The maximum absolute atomic E-state index is 6.33. The van der Waals surface area contributed by atoms with Gasteiger partial charge >= 0.3 is 0 Å². The molecule has 2 atom stereocenters. The topological polar surface area (TPSA) is 48.1 Å². The Morgan fingerprint density at radius 2 is 2.53 bits per heavy atom. The Hall–Kier alpha value is -0.450.